The Labute approximate surface area is 294 Å². The van der Waals surface area contributed by atoms with Gasteiger partial charge in [-0.2, -0.15) is 0 Å². The van der Waals surface area contributed by atoms with Crippen molar-refractivity contribution in [2.24, 2.45) is 11.8 Å². The van der Waals surface area contributed by atoms with Gasteiger partial charge in [0.1, 0.15) is 0 Å². The highest BCUT2D eigenvalue weighted by atomic mass is 16.2. The van der Waals surface area contributed by atoms with Crippen molar-refractivity contribution in [3.8, 4) is 0 Å². The smallest absolute Gasteiger partial charge is 0.273 e. The van der Waals surface area contributed by atoms with Gasteiger partial charge in [-0.1, -0.05) is 86.3 Å². The Morgan fingerprint density at radius 1 is 0.520 bits per heavy atom. The summed E-state index contributed by atoms with van der Waals surface area (Å²) in [5, 5.41) is 17.9. The van der Waals surface area contributed by atoms with Crippen LogP contribution in [0.4, 0.5) is 11.6 Å². The van der Waals surface area contributed by atoms with Crippen LogP contribution in [0.25, 0.3) is 0 Å². The Morgan fingerprint density at radius 2 is 0.880 bits per heavy atom. The lowest BCUT2D eigenvalue weighted by Gasteiger charge is -2.17. The van der Waals surface area contributed by atoms with Crippen molar-refractivity contribution in [3.05, 3.63) is 83.2 Å². The SMILES string of the molecule is O=C(CC1CCCC1)NCCNC(=O)c1nc(NCc2ccccc2)c(C(=O)NCCNC(=O)CC2CCCC2)nc1NCc1ccccc1. The third-order valence-electron chi connectivity index (χ3n) is 9.29. The van der Waals surface area contributed by atoms with Gasteiger partial charge in [0.2, 0.25) is 11.8 Å². The van der Waals surface area contributed by atoms with E-state index in [0.717, 1.165) is 36.8 Å². The Balaban J connectivity index is 1.28. The van der Waals surface area contributed by atoms with E-state index in [4.69, 9.17) is 0 Å². The number of aromatic nitrogens is 2. The van der Waals surface area contributed by atoms with Crippen LogP contribution in [0, 0.1) is 11.8 Å². The highest BCUT2D eigenvalue weighted by Crippen LogP contribution is 2.28. The van der Waals surface area contributed by atoms with Crippen molar-refractivity contribution < 1.29 is 19.2 Å². The summed E-state index contributed by atoms with van der Waals surface area (Å²) >= 11 is 0. The predicted octanol–water partition coefficient (Wildman–Crippen LogP) is 4.55. The molecule has 0 aliphatic heterocycles. The fourth-order valence-electron chi connectivity index (χ4n) is 6.58. The van der Waals surface area contributed by atoms with Crippen molar-refractivity contribution in [1.29, 1.82) is 0 Å². The number of amides is 4. The highest BCUT2D eigenvalue weighted by Gasteiger charge is 2.24. The summed E-state index contributed by atoms with van der Waals surface area (Å²) < 4.78 is 0. The van der Waals surface area contributed by atoms with Crippen LogP contribution < -0.4 is 31.9 Å². The number of hydrogen-bond acceptors (Lipinski definition) is 8. The van der Waals surface area contributed by atoms with E-state index in [1.165, 1.54) is 25.7 Å². The maximum absolute atomic E-state index is 13.6. The molecule has 2 aromatic carbocycles. The summed E-state index contributed by atoms with van der Waals surface area (Å²) in [7, 11) is 0. The quantitative estimate of drug-likeness (QED) is 0.106. The van der Waals surface area contributed by atoms with E-state index in [-0.39, 0.29) is 61.0 Å². The zero-order valence-corrected chi connectivity index (χ0v) is 28.8. The topological polar surface area (TPSA) is 166 Å². The molecular formula is C38H50N8O4. The Morgan fingerprint density at radius 3 is 1.26 bits per heavy atom. The number of anilines is 2. The summed E-state index contributed by atoms with van der Waals surface area (Å²) in [4.78, 5) is 61.2. The number of nitrogens with zero attached hydrogens (tertiary/aromatic N) is 2. The van der Waals surface area contributed by atoms with Crippen molar-refractivity contribution in [2.75, 3.05) is 36.8 Å². The third-order valence-corrected chi connectivity index (χ3v) is 9.29. The van der Waals surface area contributed by atoms with Gasteiger partial charge in [0, 0.05) is 52.1 Å². The molecule has 12 nitrogen and oxygen atoms in total. The minimum Gasteiger partial charge on any atom is -0.364 e. The van der Waals surface area contributed by atoms with Crippen LogP contribution in [0.5, 0.6) is 0 Å². The molecular weight excluding hydrogens is 632 g/mol. The molecule has 0 atom stereocenters. The van der Waals surface area contributed by atoms with Gasteiger partial charge in [0.25, 0.3) is 11.8 Å². The van der Waals surface area contributed by atoms with E-state index in [1.54, 1.807) is 0 Å². The molecule has 0 spiro atoms. The van der Waals surface area contributed by atoms with E-state index in [2.05, 4.69) is 41.9 Å². The first kappa shape index (κ1) is 36.3. The van der Waals surface area contributed by atoms with E-state index < -0.39 is 11.8 Å². The Bertz CT molecular complexity index is 1440. The number of nitrogens with one attached hydrogen (secondary N) is 6. The molecule has 2 fully saturated rings. The maximum Gasteiger partial charge on any atom is 0.273 e. The molecule has 3 aromatic rings. The minimum absolute atomic E-state index is 0.00713. The molecule has 6 N–H and O–H groups in total. The highest BCUT2D eigenvalue weighted by molar-refractivity contribution is 6.01. The summed E-state index contributed by atoms with van der Waals surface area (Å²) in [6.07, 6.45) is 10.1. The molecule has 0 bridgehead atoms. The molecule has 1 heterocycles. The van der Waals surface area contributed by atoms with Crippen LogP contribution in [0.15, 0.2) is 60.7 Å². The molecule has 0 saturated heterocycles. The molecule has 5 rings (SSSR count). The number of rotatable bonds is 18. The fraction of sp³-hybridized carbons (Fsp3) is 0.474. The lowest BCUT2D eigenvalue weighted by atomic mass is 10.0. The van der Waals surface area contributed by atoms with Crippen molar-refractivity contribution in [2.45, 2.75) is 77.3 Å². The second kappa shape index (κ2) is 19.3. The van der Waals surface area contributed by atoms with Crippen LogP contribution >= 0.6 is 0 Å². The largest absolute Gasteiger partial charge is 0.364 e. The van der Waals surface area contributed by atoms with E-state index in [1.807, 2.05) is 60.7 Å². The van der Waals surface area contributed by atoms with Crippen LogP contribution in [0.2, 0.25) is 0 Å². The Hall–Kier alpha value is -5.00. The van der Waals surface area contributed by atoms with Gasteiger partial charge in [-0.25, -0.2) is 9.97 Å². The number of hydrogen-bond donors (Lipinski definition) is 6. The van der Waals surface area contributed by atoms with Crippen molar-refractivity contribution >= 4 is 35.3 Å². The molecule has 50 heavy (non-hydrogen) atoms. The number of benzene rings is 2. The van der Waals surface area contributed by atoms with E-state index in [0.29, 0.717) is 37.8 Å². The average molecular weight is 683 g/mol. The standard InChI is InChI=1S/C38H50N8O4/c47-31(23-27-11-7-8-12-27)39-19-21-41-37(49)33-35(43-25-29-15-3-1-4-16-29)45-34(36(46-33)44-26-30-17-5-2-6-18-30)38(50)42-22-20-40-32(48)24-28-13-9-10-14-28/h1-6,15-18,27-28H,7-14,19-26H2,(H,39,47)(H,40,48)(H,41,49)(H,42,50)(H,43,45)(H,44,46). The van der Waals surface area contributed by atoms with Crippen LogP contribution in [-0.2, 0) is 22.7 Å². The molecule has 2 saturated carbocycles. The summed E-state index contributed by atoms with van der Waals surface area (Å²) in [5.41, 5.74) is 1.95. The molecule has 12 heteroatoms. The van der Waals surface area contributed by atoms with Crippen LogP contribution in [-0.4, -0.2) is 59.8 Å². The van der Waals surface area contributed by atoms with Gasteiger partial charge in [0.15, 0.2) is 23.0 Å². The zero-order valence-electron chi connectivity index (χ0n) is 28.8. The molecule has 2 aliphatic rings. The van der Waals surface area contributed by atoms with Gasteiger partial charge in [-0.15, -0.1) is 0 Å². The zero-order chi connectivity index (χ0) is 35.0. The maximum atomic E-state index is 13.6. The lowest BCUT2D eigenvalue weighted by Crippen LogP contribution is -2.37. The molecule has 0 unspecified atom stereocenters. The van der Waals surface area contributed by atoms with Gasteiger partial charge >= 0.3 is 0 Å². The number of carbonyl (C=O) groups is 4. The van der Waals surface area contributed by atoms with Gasteiger partial charge < -0.3 is 31.9 Å². The minimum atomic E-state index is -0.488. The summed E-state index contributed by atoms with van der Waals surface area (Å²) in [6, 6.07) is 19.3. The molecule has 266 valence electrons. The third kappa shape index (κ3) is 11.6. The van der Waals surface area contributed by atoms with Crippen molar-refractivity contribution in [3.63, 3.8) is 0 Å². The van der Waals surface area contributed by atoms with Crippen LogP contribution in [0.3, 0.4) is 0 Å². The first-order valence-corrected chi connectivity index (χ1v) is 18.0. The van der Waals surface area contributed by atoms with Gasteiger partial charge in [0.05, 0.1) is 0 Å². The lowest BCUT2D eigenvalue weighted by molar-refractivity contribution is -0.122. The predicted molar refractivity (Wildman–Crippen MR) is 193 cm³/mol. The second-order valence-electron chi connectivity index (χ2n) is 13.2. The van der Waals surface area contributed by atoms with Crippen molar-refractivity contribution in [1.82, 2.24) is 31.2 Å². The van der Waals surface area contributed by atoms with Gasteiger partial charge in [-0.3, -0.25) is 19.2 Å². The number of carbonyl (C=O) groups excluding carboxylic acids is 4. The van der Waals surface area contributed by atoms with Gasteiger partial charge in [-0.05, 0) is 48.6 Å². The molecule has 0 radical (unpaired) electrons. The molecule has 1 aromatic heterocycles. The monoisotopic (exact) mass is 682 g/mol. The first-order chi connectivity index (χ1) is 24.4. The van der Waals surface area contributed by atoms with E-state index in [9.17, 15) is 19.2 Å². The summed E-state index contributed by atoms with van der Waals surface area (Å²) in [6.45, 7) is 1.67. The molecule has 4 amide bonds. The first-order valence-electron chi connectivity index (χ1n) is 18.0. The second-order valence-corrected chi connectivity index (χ2v) is 13.2. The Kier molecular flexibility index (Phi) is 14.0. The summed E-state index contributed by atoms with van der Waals surface area (Å²) in [5.74, 6) is 0.191. The average Bonchev–Trinajstić information content (AvgIpc) is 3.85. The normalized spacial score (nSPS) is 14.6. The fourth-order valence-corrected chi connectivity index (χ4v) is 6.58. The molecule has 2 aliphatic carbocycles. The van der Waals surface area contributed by atoms with Crippen LogP contribution in [0.1, 0.15) is 96.3 Å². The van der Waals surface area contributed by atoms with E-state index >= 15 is 0 Å².